The number of likely N-dealkylation sites (tertiary alicyclic amines) is 1. The molecule has 0 saturated carbocycles. The molecule has 2 aliphatic heterocycles. The van der Waals surface area contributed by atoms with E-state index < -0.39 is 59.6 Å². The molecule has 2 aliphatic rings. The third-order valence-corrected chi connectivity index (χ3v) is 13.0. The van der Waals surface area contributed by atoms with Gasteiger partial charge >= 0.3 is 6.09 Å². The minimum Gasteiger partial charge on any atom is -0.444 e. The van der Waals surface area contributed by atoms with E-state index in [-0.39, 0.29) is 61.6 Å². The van der Waals surface area contributed by atoms with Gasteiger partial charge in [-0.2, -0.15) is 0 Å². The molecule has 1 fully saturated rings. The molecule has 0 spiro atoms. The number of benzene rings is 1. The number of rotatable bonds is 24. The fraction of sp³-hybridized carbons (Fsp3) is 0.640. The van der Waals surface area contributed by atoms with Crippen LogP contribution in [0.2, 0.25) is 0 Å². The minimum absolute atomic E-state index is 0.0256. The molecule has 1 saturated heterocycles. The molecule has 0 bridgehead atoms. The Morgan fingerprint density at radius 2 is 1.54 bits per heavy atom. The largest absolute Gasteiger partial charge is 0.444 e. The standard InChI is InChI=1S/C50H75N7O10/c1-12-33(4)43(39(65-10)30-40(58)55-29-17-20-38(55)44(66-11)34(5)45(60)52-26-23-35-21-24-51-25-22-35)54(9)41(59)31-53-46(61)42(32(2)3)56(49(64)67-50(6,7)8)27-15-16-28-57-47(62)36-18-13-14-19-37(36)48(57)63/h13-14,18-19,21-22,24-25,32-34,38-39,42-44H,12,15-17,20,23,26-31H2,1-11H3,(H,52,60)(H,53,61)/t33-,34+,38-,39+,42-,43-,44+/m0/s1. The molecule has 0 radical (unpaired) electrons. The van der Waals surface area contributed by atoms with Crippen molar-refractivity contribution < 1.29 is 47.8 Å². The number of carbonyl (C=O) groups is 7. The highest BCUT2D eigenvalue weighted by Crippen LogP contribution is 2.30. The number of hydrogen-bond acceptors (Lipinski definition) is 11. The van der Waals surface area contributed by atoms with Crippen LogP contribution in [0.15, 0.2) is 48.8 Å². The smallest absolute Gasteiger partial charge is 0.410 e. The summed E-state index contributed by atoms with van der Waals surface area (Å²) in [7, 11) is 4.71. The first-order chi connectivity index (χ1) is 31.8. The lowest BCUT2D eigenvalue weighted by Crippen LogP contribution is -2.56. The number of carbonyl (C=O) groups excluding carboxylic acids is 7. The van der Waals surface area contributed by atoms with Crippen LogP contribution in [0.25, 0.3) is 0 Å². The zero-order chi connectivity index (χ0) is 49.6. The molecule has 0 aliphatic carbocycles. The summed E-state index contributed by atoms with van der Waals surface area (Å²) in [6.45, 7) is 15.4. The first-order valence-electron chi connectivity index (χ1n) is 23.8. The van der Waals surface area contributed by atoms with E-state index in [2.05, 4.69) is 15.6 Å². The van der Waals surface area contributed by atoms with Crippen molar-refractivity contribution in [2.75, 3.05) is 54.0 Å². The van der Waals surface area contributed by atoms with E-state index in [4.69, 9.17) is 14.2 Å². The van der Waals surface area contributed by atoms with Crippen LogP contribution >= 0.6 is 0 Å². The number of likely N-dealkylation sites (N-methyl/N-ethyl adjacent to an activating group) is 1. The Morgan fingerprint density at radius 3 is 2.10 bits per heavy atom. The number of imide groups is 1. The zero-order valence-corrected chi connectivity index (χ0v) is 41.5. The molecule has 2 aromatic rings. The summed E-state index contributed by atoms with van der Waals surface area (Å²) in [5.41, 5.74) is 0.908. The lowest BCUT2D eigenvalue weighted by molar-refractivity contribution is -0.146. The lowest BCUT2D eigenvalue weighted by atomic mass is 9.90. The third kappa shape index (κ3) is 14.3. The number of nitrogens with one attached hydrogen (secondary N) is 2. The number of amides is 7. The number of pyridine rings is 1. The molecule has 7 amide bonds. The normalized spacial score (nSPS) is 17.6. The van der Waals surface area contributed by atoms with Gasteiger partial charge in [0.05, 0.1) is 54.3 Å². The van der Waals surface area contributed by atoms with Gasteiger partial charge < -0.3 is 34.6 Å². The SMILES string of the molecule is CC[C@H](C)[C@@H]([C@@H](CC(=O)N1CCC[C@H]1[C@H](OC)[C@@H](C)C(=O)NCCc1ccncc1)OC)N(C)C(=O)CNC(=O)[C@H](C(C)C)N(CCCCN1C(=O)c2ccccc2C1=O)C(=O)OC(C)(C)C. The first kappa shape index (κ1) is 54.2. The number of hydrogen-bond donors (Lipinski definition) is 2. The monoisotopic (exact) mass is 934 g/mol. The predicted molar refractivity (Wildman–Crippen MR) is 253 cm³/mol. The molecule has 7 atom stereocenters. The number of methoxy groups -OCH3 is 2. The van der Waals surface area contributed by atoms with Gasteiger partial charge in [0.15, 0.2) is 0 Å². The van der Waals surface area contributed by atoms with Gasteiger partial charge in [-0.05, 0) is 94.5 Å². The lowest BCUT2D eigenvalue weighted by Gasteiger charge is -2.39. The van der Waals surface area contributed by atoms with Crippen LogP contribution < -0.4 is 10.6 Å². The quantitative estimate of drug-likeness (QED) is 0.105. The molecule has 67 heavy (non-hydrogen) atoms. The predicted octanol–water partition coefficient (Wildman–Crippen LogP) is 5.11. The number of ether oxygens (including phenoxy) is 3. The van der Waals surface area contributed by atoms with Crippen LogP contribution in [-0.4, -0.2) is 156 Å². The highest BCUT2D eigenvalue weighted by molar-refractivity contribution is 6.21. The van der Waals surface area contributed by atoms with Crippen molar-refractivity contribution in [2.24, 2.45) is 17.8 Å². The van der Waals surface area contributed by atoms with Crippen molar-refractivity contribution in [1.29, 1.82) is 0 Å². The van der Waals surface area contributed by atoms with Crippen molar-refractivity contribution >= 4 is 41.5 Å². The molecule has 370 valence electrons. The maximum absolute atomic E-state index is 14.2. The van der Waals surface area contributed by atoms with E-state index in [1.54, 1.807) is 90.3 Å². The van der Waals surface area contributed by atoms with E-state index in [0.29, 0.717) is 56.3 Å². The summed E-state index contributed by atoms with van der Waals surface area (Å²) in [5, 5.41) is 5.79. The molecular weight excluding hydrogens is 859 g/mol. The molecule has 2 N–H and O–H groups in total. The second kappa shape index (κ2) is 25.1. The van der Waals surface area contributed by atoms with Crippen LogP contribution in [0.3, 0.4) is 0 Å². The van der Waals surface area contributed by atoms with E-state index in [1.165, 1.54) is 21.8 Å². The maximum Gasteiger partial charge on any atom is 0.410 e. The molecule has 3 heterocycles. The Hall–Kier alpha value is -5.42. The Kier molecular flexibility index (Phi) is 20.3. The van der Waals surface area contributed by atoms with Crippen molar-refractivity contribution in [2.45, 2.75) is 136 Å². The second-order valence-corrected chi connectivity index (χ2v) is 19.1. The number of unbranched alkanes of at least 4 members (excludes halogenated alkanes) is 1. The Labute approximate surface area is 397 Å². The maximum atomic E-state index is 14.2. The molecule has 4 rings (SSSR count). The van der Waals surface area contributed by atoms with E-state index in [9.17, 15) is 33.6 Å². The molecule has 0 unspecified atom stereocenters. The van der Waals surface area contributed by atoms with Gasteiger partial charge in [0.25, 0.3) is 11.8 Å². The molecule has 1 aromatic heterocycles. The van der Waals surface area contributed by atoms with Crippen LogP contribution in [0.1, 0.15) is 120 Å². The van der Waals surface area contributed by atoms with Crippen molar-refractivity contribution in [3.8, 4) is 0 Å². The number of nitrogens with zero attached hydrogens (tertiary/aromatic N) is 5. The van der Waals surface area contributed by atoms with Crippen molar-refractivity contribution in [3.63, 3.8) is 0 Å². The van der Waals surface area contributed by atoms with Gasteiger partial charge in [0.2, 0.25) is 23.6 Å². The van der Waals surface area contributed by atoms with Gasteiger partial charge in [0.1, 0.15) is 11.6 Å². The summed E-state index contributed by atoms with van der Waals surface area (Å²) in [5.74, 6) is -3.06. The topological polar surface area (TPSA) is 197 Å². The average molecular weight is 934 g/mol. The molecule has 17 heteroatoms. The van der Waals surface area contributed by atoms with E-state index >= 15 is 0 Å². The van der Waals surface area contributed by atoms with Crippen molar-refractivity contribution in [1.82, 2.24) is 35.2 Å². The van der Waals surface area contributed by atoms with Crippen LogP contribution in [0.5, 0.6) is 0 Å². The summed E-state index contributed by atoms with van der Waals surface area (Å²) < 4.78 is 17.7. The Bertz CT molecular complexity index is 1970. The fourth-order valence-corrected chi connectivity index (χ4v) is 9.22. The van der Waals surface area contributed by atoms with Gasteiger partial charge in [-0.1, -0.05) is 53.2 Å². The van der Waals surface area contributed by atoms with E-state index in [1.807, 2.05) is 32.9 Å². The van der Waals surface area contributed by atoms with E-state index in [0.717, 1.165) is 12.0 Å². The summed E-state index contributed by atoms with van der Waals surface area (Å²) in [6, 6.07) is 8.58. The summed E-state index contributed by atoms with van der Waals surface area (Å²) in [6.07, 6.45) is 4.92. The average Bonchev–Trinajstić information content (AvgIpc) is 3.87. The van der Waals surface area contributed by atoms with Crippen molar-refractivity contribution in [3.05, 3.63) is 65.5 Å². The molecule has 1 aromatic carbocycles. The van der Waals surface area contributed by atoms with Gasteiger partial charge in [-0.15, -0.1) is 0 Å². The second-order valence-electron chi connectivity index (χ2n) is 19.1. The van der Waals surface area contributed by atoms with Crippen LogP contribution in [0.4, 0.5) is 4.79 Å². The molecular formula is C50H75N7O10. The van der Waals surface area contributed by atoms with Crippen LogP contribution in [0, 0.1) is 17.8 Å². The summed E-state index contributed by atoms with van der Waals surface area (Å²) in [4.78, 5) is 105. The highest BCUT2D eigenvalue weighted by atomic mass is 16.6. The Balaban J connectivity index is 1.40. The number of aromatic nitrogens is 1. The fourth-order valence-electron chi connectivity index (χ4n) is 9.22. The third-order valence-electron chi connectivity index (χ3n) is 13.0. The summed E-state index contributed by atoms with van der Waals surface area (Å²) >= 11 is 0. The molecule has 17 nitrogen and oxygen atoms in total. The zero-order valence-electron chi connectivity index (χ0n) is 41.5. The van der Waals surface area contributed by atoms with Gasteiger partial charge in [0, 0.05) is 59.8 Å². The highest BCUT2D eigenvalue weighted by Gasteiger charge is 2.43. The first-order valence-corrected chi connectivity index (χ1v) is 23.8. The van der Waals surface area contributed by atoms with Crippen LogP contribution in [-0.2, 0) is 39.8 Å². The van der Waals surface area contributed by atoms with Gasteiger partial charge in [-0.25, -0.2) is 4.79 Å². The Morgan fingerprint density at radius 1 is 0.896 bits per heavy atom. The number of fused-ring (bicyclic) bond motifs is 1. The van der Waals surface area contributed by atoms with Gasteiger partial charge in [-0.3, -0.25) is 43.6 Å². The minimum atomic E-state index is -1.02.